The zero-order chi connectivity index (χ0) is 22.4. The first-order valence-electron chi connectivity index (χ1n) is 10.7. The number of nitrogens with one attached hydrogen (secondary N) is 2. The van der Waals surface area contributed by atoms with Crippen molar-refractivity contribution in [3.63, 3.8) is 0 Å². The molecule has 168 valence electrons. The largest absolute Gasteiger partial charge is 0.353 e. The number of carbonyl (C=O) groups excluding carboxylic acids is 2. The quantitative estimate of drug-likeness (QED) is 0.574. The summed E-state index contributed by atoms with van der Waals surface area (Å²) in [5.74, 6) is 0.891. The molecule has 0 spiro atoms. The molecule has 3 rings (SSSR count). The van der Waals surface area contributed by atoms with Gasteiger partial charge in [0.25, 0.3) is 5.91 Å². The Balaban J connectivity index is 1.62. The van der Waals surface area contributed by atoms with Crippen LogP contribution in [0.25, 0.3) is 0 Å². The van der Waals surface area contributed by atoms with Crippen molar-refractivity contribution in [1.29, 1.82) is 0 Å². The second kappa shape index (κ2) is 11.0. The summed E-state index contributed by atoms with van der Waals surface area (Å²) in [4.78, 5) is 25.0. The van der Waals surface area contributed by atoms with Gasteiger partial charge in [-0.2, -0.15) is 0 Å². The fourth-order valence-corrected chi connectivity index (χ4v) is 4.58. The van der Waals surface area contributed by atoms with Gasteiger partial charge in [0, 0.05) is 23.7 Å². The number of nitrogens with zero attached hydrogens (tertiary/aromatic N) is 3. The Bertz CT molecular complexity index is 894. The highest BCUT2D eigenvalue weighted by Crippen LogP contribution is 2.25. The first-order valence-corrected chi connectivity index (χ1v) is 12.1. The van der Waals surface area contributed by atoms with Gasteiger partial charge in [-0.05, 0) is 43.0 Å². The highest BCUT2D eigenvalue weighted by atomic mass is 35.5. The van der Waals surface area contributed by atoms with Gasteiger partial charge in [0.2, 0.25) is 5.91 Å². The van der Waals surface area contributed by atoms with E-state index in [4.69, 9.17) is 11.6 Å². The minimum atomic E-state index is -0.314. The van der Waals surface area contributed by atoms with Crippen LogP contribution in [0.15, 0.2) is 29.4 Å². The van der Waals surface area contributed by atoms with E-state index in [-0.39, 0.29) is 23.8 Å². The van der Waals surface area contributed by atoms with Crippen LogP contribution in [0.1, 0.15) is 68.2 Å². The van der Waals surface area contributed by atoms with Crippen molar-refractivity contribution in [3.8, 4) is 0 Å². The Hall–Kier alpha value is -2.06. The number of hydrogen-bond acceptors (Lipinski definition) is 5. The summed E-state index contributed by atoms with van der Waals surface area (Å²) in [5.41, 5.74) is 0.534. The molecule has 0 bridgehead atoms. The van der Waals surface area contributed by atoms with E-state index in [2.05, 4.69) is 20.8 Å². The number of benzene rings is 1. The van der Waals surface area contributed by atoms with E-state index in [0.717, 1.165) is 12.8 Å². The molecule has 1 aromatic carbocycles. The van der Waals surface area contributed by atoms with Crippen molar-refractivity contribution >= 4 is 35.2 Å². The zero-order valence-corrected chi connectivity index (χ0v) is 19.8. The van der Waals surface area contributed by atoms with Crippen LogP contribution in [0.3, 0.4) is 0 Å². The van der Waals surface area contributed by atoms with Crippen molar-refractivity contribution in [2.45, 2.75) is 63.2 Å². The highest BCUT2D eigenvalue weighted by molar-refractivity contribution is 7.99. The topological polar surface area (TPSA) is 88.9 Å². The SMILES string of the molecule is CC(C)C(NC(=O)c1ccc(Cl)cc1)c1nnc(SCC(=O)NC2CCCCC2)n1C. The first-order chi connectivity index (χ1) is 14.8. The third-order valence-corrected chi connectivity index (χ3v) is 6.78. The molecule has 1 aromatic heterocycles. The summed E-state index contributed by atoms with van der Waals surface area (Å²) in [6.07, 6.45) is 5.75. The van der Waals surface area contributed by atoms with Crippen LogP contribution in [0.4, 0.5) is 0 Å². The van der Waals surface area contributed by atoms with E-state index in [1.807, 2.05) is 25.5 Å². The number of thioether (sulfide) groups is 1. The average molecular weight is 464 g/mol. The zero-order valence-electron chi connectivity index (χ0n) is 18.2. The Labute approximate surface area is 192 Å². The van der Waals surface area contributed by atoms with Gasteiger partial charge in [-0.3, -0.25) is 9.59 Å². The molecule has 1 fully saturated rings. The van der Waals surface area contributed by atoms with Crippen LogP contribution in [0.2, 0.25) is 5.02 Å². The van der Waals surface area contributed by atoms with Gasteiger partial charge in [-0.25, -0.2) is 0 Å². The van der Waals surface area contributed by atoms with E-state index in [1.165, 1.54) is 31.0 Å². The molecule has 7 nitrogen and oxygen atoms in total. The predicted molar refractivity (Wildman–Crippen MR) is 123 cm³/mol. The van der Waals surface area contributed by atoms with E-state index in [1.54, 1.807) is 24.3 Å². The second-order valence-corrected chi connectivity index (χ2v) is 9.67. The molecule has 2 amide bonds. The Morgan fingerprint density at radius 3 is 2.48 bits per heavy atom. The normalized spacial score (nSPS) is 15.6. The van der Waals surface area contributed by atoms with Gasteiger partial charge in [-0.1, -0.05) is 56.5 Å². The van der Waals surface area contributed by atoms with Crippen LogP contribution in [-0.2, 0) is 11.8 Å². The molecule has 2 aromatic rings. The molecule has 1 aliphatic rings. The minimum absolute atomic E-state index is 0.0258. The van der Waals surface area contributed by atoms with Crippen LogP contribution in [0.5, 0.6) is 0 Å². The molecule has 0 radical (unpaired) electrons. The van der Waals surface area contributed by atoms with Crippen molar-refractivity contribution < 1.29 is 9.59 Å². The van der Waals surface area contributed by atoms with Gasteiger partial charge in [0.1, 0.15) is 0 Å². The molecule has 1 unspecified atom stereocenters. The Morgan fingerprint density at radius 2 is 1.84 bits per heavy atom. The van der Waals surface area contributed by atoms with Gasteiger partial charge < -0.3 is 15.2 Å². The fraction of sp³-hybridized carbons (Fsp3) is 0.545. The third-order valence-electron chi connectivity index (χ3n) is 5.51. The molecule has 9 heteroatoms. The maximum absolute atomic E-state index is 12.7. The van der Waals surface area contributed by atoms with E-state index in [0.29, 0.717) is 33.4 Å². The second-order valence-electron chi connectivity index (χ2n) is 8.29. The number of carbonyl (C=O) groups is 2. The minimum Gasteiger partial charge on any atom is -0.353 e. The number of hydrogen-bond donors (Lipinski definition) is 2. The predicted octanol–water partition coefficient (Wildman–Crippen LogP) is 4.14. The van der Waals surface area contributed by atoms with Crippen LogP contribution < -0.4 is 10.6 Å². The van der Waals surface area contributed by atoms with Gasteiger partial charge in [-0.15, -0.1) is 10.2 Å². The summed E-state index contributed by atoms with van der Waals surface area (Å²) >= 11 is 7.27. The summed E-state index contributed by atoms with van der Waals surface area (Å²) in [7, 11) is 1.86. The molecule has 0 saturated heterocycles. The van der Waals surface area contributed by atoms with Gasteiger partial charge >= 0.3 is 0 Å². The lowest BCUT2D eigenvalue weighted by Crippen LogP contribution is -2.37. The van der Waals surface area contributed by atoms with Gasteiger partial charge in [0.15, 0.2) is 11.0 Å². The van der Waals surface area contributed by atoms with Crippen LogP contribution in [0, 0.1) is 5.92 Å². The molecular weight excluding hydrogens is 434 g/mol. The molecule has 1 heterocycles. The number of rotatable bonds is 8. The first kappa shape index (κ1) is 23.6. The summed E-state index contributed by atoms with van der Waals surface area (Å²) < 4.78 is 1.85. The Kier molecular flexibility index (Phi) is 8.37. The van der Waals surface area contributed by atoms with E-state index < -0.39 is 0 Å². The lowest BCUT2D eigenvalue weighted by atomic mass is 9.95. The molecular formula is C22H30ClN5O2S. The summed E-state index contributed by atoms with van der Waals surface area (Å²) in [5, 5.41) is 16.0. The number of amides is 2. The van der Waals surface area contributed by atoms with E-state index >= 15 is 0 Å². The molecule has 1 atom stereocenters. The van der Waals surface area contributed by atoms with Gasteiger partial charge in [0.05, 0.1) is 11.8 Å². The lowest BCUT2D eigenvalue weighted by Gasteiger charge is -2.22. The fourth-order valence-electron chi connectivity index (χ4n) is 3.72. The monoisotopic (exact) mass is 463 g/mol. The van der Waals surface area contributed by atoms with Crippen LogP contribution >= 0.6 is 23.4 Å². The van der Waals surface area contributed by atoms with Crippen molar-refractivity contribution in [2.24, 2.45) is 13.0 Å². The standard InChI is InChI=1S/C22H30ClN5O2S/c1-14(2)19(25-21(30)15-9-11-16(23)12-10-15)20-26-27-22(28(20)3)31-13-18(29)24-17-7-5-4-6-8-17/h9-12,14,17,19H,4-8,13H2,1-3H3,(H,24,29)(H,25,30). The number of halogens is 1. The maximum atomic E-state index is 12.7. The van der Waals surface area contributed by atoms with E-state index in [9.17, 15) is 9.59 Å². The van der Waals surface area contributed by atoms with Crippen molar-refractivity contribution in [3.05, 3.63) is 40.7 Å². The Morgan fingerprint density at radius 1 is 1.16 bits per heavy atom. The van der Waals surface area contributed by atoms with Crippen molar-refractivity contribution in [1.82, 2.24) is 25.4 Å². The van der Waals surface area contributed by atoms with Crippen LogP contribution in [-0.4, -0.2) is 38.4 Å². The highest BCUT2D eigenvalue weighted by Gasteiger charge is 2.25. The molecule has 1 aliphatic carbocycles. The third kappa shape index (κ3) is 6.46. The summed E-state index contributed by atoms with van der Waals surface area (Å²) in [6.45, 7) is 4.04. The lowest BCUT2D eigenvalue weighted by molar-refractivity contribution is -0.119. The average Bonchev–Trinajstić information content (AvgIpc) is 3.11. The smallest absolute Gasteiger partial charge is 0.251 e. The molecule has 0 aliphatic heterocycles. The molecule has 2 N–H and O–H groups in total. The maximum Gasteiger partial charge on any atom is 0.251 e. The summed E-state index contributed by atoms with van der Waals surface area (Å²) in [6, 6.07) is 6.75. The number of aromatic nitrogens is 3. The molecule has 1 saturated carbocycles. The molecule has 31 heavy (non-hydrogen) atoms. The van der Waals surface area contributed by atoms with Crippen molar-refractivity contribution in [2.75, 3.05) is 5.75 Å².